The average molecular weight is 455 g/mol. The Hall–Kier alpha value is -3.70. The second kappa shape index (κ2) is 12.2. The number of carbonyl (C=O) groups is 2. The lowest BCUT2D eigenvalue weighted by Crippen LogP contribution is -2.08. The van der Waals surface area contributed by atoms with Crippen LogP contribution in [0, 0.1) is 0 Å². The van der Waals surface area contributed by atoms with Crippen molar-refractivity contribution in [2.24, 2.45) is 0 Å². The number of rotatable bonds is 8. The van der Waals surface area contributed by atoms with Gasteiger partial charge in [0.15, 0.2) is 0 Å². The van der Waals surface area contributed by atoms with Gasteiger partial charge in [-0.15, -0.1) is 0 Å². The van der Waals surface area contributed by atoms with E-state index in [1.807, 2.05) is 36.4 Å². The van der Waals surface area contributed by atoms with Gasteiger partial charge in [0.05, 0.1) is 28.4 Å². The van der Waals surface area contributed by atoms with Gasteiger partial charge < -0.3 is 18.9 Å². The van der Waals surface area contributed by atoms with E-state index in [-0.39, 0.29) is 34.1 Å². The molecule has 0 amide bonds. The maximum absolute atomic E-state index is 12.8. The Kier molecular flexibility index (Phi) is 9.39. The third kappa shape index (κ3) is 5.71. The molecule has 8 heteroatoms. The summed E-state index contributed by atoms with van der Waals surface area (Å²) < 4.78 is 33.3. The summed E-state index contributed by atoms with van der Waals surface area (Å²) in [6.07, 6.45) is 0. The van der Waals surface area contributed by atoms with E-state index >= 15 is 0 Å². The van der Waals surface area contributed by atoms with Gasteiger partial charge in [-0.2, -0.15) is 0 Å². The van der Waals surface area contributed by atoms with Crippen LogP contribution in [0.1, 0.15) is 20.7 Å². The van der Waals surface area contributed by atoms with Gasteiger partial charge in [-0.3, -0.25) is 14.2 Å². The second-order valence-electron chi connectivity index (χ2n) is 6.13. The molecule has 167 valence electrons. The molecule has 1 radical (unpaired) electrons. The minimum atomic E-state index is -2.99. The minimum absolute atomic E-state index is 0.0548. The van der Waals surface area contributed by atoms with Crippen molar-refractivity contribution in [3.63, 3.8) is 0 Å². The summed E-state index contributed by atoms with van der Waals surface area (Å²) in [5.41, 5.74) is -1.90. The summed E-state index contributed by atoms with van der Waals surface area (Å²) in [5.74, 6) is 0.657. The standard InChI is InChI=1S/C18H18O7P.C6H6/c1-22-11-7-5-8-12(23-2)15(11)17(19)26(21)18(20)16-13(24-3)9-6-10-14(16)25-4;1-2-4-6-5-3-1/h5-10H,1-4H3;1-6H. The smallest absolute Gasteiger partial charge is 0.257 e. The Bertz CT molecular complexity index is 940. The molecule has 7 nitrogen and oxygen atoms in total. The molecule has 0 heterocycles. The molecule has 0 aliphatic heterocycles. The molecule has 0 atom stereocenters. The summed E-state index contributed by atoms with van der Waals surface area (Å²) in [6, 6.07) is 21.3. The molecular formula is C24H24O7P. The normalized spacial score (nSPS) is 9.62. The largest absolute Gasteiger partial charge is 0.496 e. The van der Waals surface area contributed by atoms with Crippen molar-refractivity contribution in [3.8, 4) is 23.0 Å². The van der Waals surface area contributed by atoms with Crippen LogP contribution in [0.25, 0.3) is 0 Å². The summed E-state index contributed by atoms with van der Waals surface area (Å²) in [6.45, 7) is 0. The Morgan fingerprint density at radius 3 is 1.00 bits per heavy atom. The molecule has 0 aliphatic rings. The molecule has 0 saturated carbocycles. The van der Waals surface area contributed by atoms with Crippen LogP contribution in [0.15, 0.2) is 72.8 Å². The highest BCUT2D eigenvalue weighted by Gasteiger charge is 2.33. The van der Waals surface area contributed by atoms with Crippen LogP contribution >= 0.6 is 7.80 Å². The average Bonchev–Trinajstić information content (AvgIpc) is 2.87. The Morgan fingerprint density at radius 2 is 0.781 bits per heavy atom. The molecule has 0 unspecified atom stereocenters. The molecule has 0 fully saturated rings. The van der Waals surface area contributed by atoms with Crippen LogP contribution in [-0.2, 0) is 4.57 Å². The van der Waals surface area contributed by atoms with Crippen molar-refractivity contribution in [1.82, 2.24) is 0 Å². The van der Waals surface area contributed by atoms with Gasteiger partial charge in [0, 0.05) is 0 Å². The first-order valence-electron chi connectivity index (χ1n) is 9.48. The molecule has 3 aromatic rings. The highest BCUT2D eigenvalue weighted by atomic mass is 31.1. The van der Waals surface area contributed by atoms with Crippen molar-refractivity contribution in [3.05, 3.63) is 83.9 Å². The topological polar surface area (TPSA) is 88.1 Å². The summed E-state index contributed by atoms with van der Waals surface area (Å²) in [7, 11) is 2.47. The van der Waals surface area contributed by atoms with E-state index in [1.165, 1.54) is 52.7 Å². The van der Waals surface area contributed by atoms with Crippen LogP contribution < -0.4 is 18.9 Å². The maximum atomic E-state index is 12.8. The molecule has 0 saturated heterocycles. The quantitative estimate of drug-likeness (QED) is 0.431. The fourth-order valence-electron chi connectivity index (χ4n) is 2.80. The highest BCUT2D eigenvalue weighted by Crippen LogP contribution is 2.42. The number of hydrogen-bond donors (Lipinski definition) is 0. The molecule has 3 rings (SSSR count). The number of ether oxygens (including phenoxy) is 4. The first-order chi connectivity index (χ1) is 15.5. The third-order valence-electron chi connectivity index (χ3n) is 4.32. The molecule has 3 aromatic carbocycles. The number of carbonyl (C=O) groups excluding carboxylic acids is 2. The van der Waals surface area contributed by atoms with E-state index < -0.39 is 18.8 Å². The van der Waals surface area contributed by atoms with E-state index in [2.05, 4.69) is 0 Å². The van der Waals surface area contributed by atoms with Gasteiger partial charge in [0.2, 0.25) is 7.80 Å². The van der Waals surface area contributed by atoms with Crippen molar-refractivity contribution in [1.29, 1.82) is 0 Å². The third-order valence-corrected chi connectivity index (χ3v) is 5.50. The van der Waals surface area contributed by atoms with Crippen LogP contribution in [0.3, 0.4) is 0 Å². The van der Waals surface area contributed by atoms with Crippen molar-refractivity contribution < 1.29 is 33.1 Å². The van der Waals surface area contributed by atoms with E-state index in [0.29, 0.717) is 0 Å². The SMILES string of the molecule is COc1cccc(OC)c1C(=O)[P](=O)C(=O)c1c(OC)cccc1OC.c1ccccc1. The van der Waals surface area contributed by atoms with Crippen LogP contribution in [0.5, 0.6) is 23.0 Å². The van der Waals surface area contributed by atoms with E-state index in [4.69, 9.17) is 18.9 Å². The lowest BCUT2D eigenvalue weighted by atomic mass is 10.2. The fraction of sp³-hybridized carbons (Fsp3) is 0.167. The van der Waals surface area contributed by atoms with Gasteiger partial charge >= 0.3 is 0 Å². The maximum Gasteiger partial charge on any atom is 0.257 e. The lowest BCUT2D eigenvalue weighted by Gasteiger charge is -2.13. The molecule has 0 bridgehead atoms. The van der Waals surface area contributed by atoms with Gasteiger partial charge in [-0.1, -0.05) is 48.5 Å². The number of benzene rings is 3. The zero-order valence-corrected chi connectivity index (χ0v) is 19.1. The minimum Gasteiger partial charge on any atom is -0.496 e. The Morgan fingerprint density at radius 1 is 0.531 bits per heavy atom. The number of hydrogen-bond acceptors (Lipinski definition) is 7. The molecule has 0 aliphatic carbocycles. The highest BCUT2D eigenvalue weighted by molar-refractivity contribution is 7.80. The van der Waals surface area contributed by atoms with E-state index in [1.54, 1.807) is 12.1 Å². The van der Waals surface area contributed by atoms with Crippen LogP contribution in [0.4, 0.5) is 0 Å². The van der Waals surface area contributed by atoms with Crippen molar-refractivity contribution in [2.75, 3.05) is 28.4 Å². The molecule has 32 heavy (non-hydrogen) atoms. The summed E-state index contributed by atoms with van der Waals surface area (Å²) in [5, 5.41) is 0. The number of methoxy groups -OCH3 is 4. The molecular weight excluding hydrogens is 431 g/mol. The molecule has 0 aromatic heterocycles. The zero-order valence-electron chi connectivity index (χ0n) is 18.2. The Balaban J connectivity index is 0.000000520. The lowest BCUT2D eigenvalue weighted by molar-refractivity contribution is 0.104. The van der Waals surface area contributed by atoms with Gasteiger partial charge in [-0.05, 0) is 24.3 Å². The van der Waals surface area contributed by atoms with E-state index in [0.717, 1.165) is 0 Å². The Labute approximate surface area is 187 Å². The molecule has 0 N–H and O–H groups in total. The van der Waals surface area contributed by atoms with Crippen LogP contribution in [-0.4, -0.2) is 39.5 Å². The predicted octanol–water partition coefficient (Wildman–Crippen LogP) is 5.22. The first kappa shape index (κ1) is 24.6. The summed E-state index contributed by atoms with van der Waals surface area (Å²) in [4.78, 5) is 25.5. The second-order valence-corrected chi connectivity index (χ2v) is 7.54. The van der Waals surface area contributed by atoms with E-state index in [9.17, 15) is 14.2 Å². The predicted molar refractivity (Wildman–Crippen MR) is 122 cm³/mol. The van der Waals surface area contributed by atoms with Crippen molar-refractivity contribution in [2.45, 2.75) is 0 Å². The molecule has 0 spiro atoms. The summed E-state index contributed by atoms with van der Waals surface area (Å²) >= 11 is 0. The van der Waals surface area contributed by atoms with Crippen LogP contribution in [0.2, 0.25) is 0 Å². The first-order valence-corrected chi connectivity index (χ1v) is 10.7. The van der Waals surface area contributed by atoms with Gasteiger partial charge in [0.25, 0.3) is 11.0 Å². The van der Waals surface area contributed by atoms with Gasteiger partial charge in [0.1, 0.15) is 34.1 Å². The fourth-order valence-corrected chi connectivity index (χ4v) is 3.84. The van der Waals surface area contributed by atoms with Crippen molar-refractivity contribution >= 4 is 18.8 Å². The van der Waals surface area contributed by atoms with Gasteiger partial charge in [-0.25, -0.2) is 0 Å². The monoisotopic (exact) mass is 455 g/mol. The zero-order chi connectivity index (χ0) is 23.5.